The van der Waals surface area contributed by atoms with Crippen molar-refractivity contribution < 1.29 is 14.3 Å². The van der Waals surface area contributed by atoms with Gasteiger partial charge in [-0.3, -0.25) is 15.2 Å². The number of nitrogens with one attached hydrogen (secondary N) is 2. The van der Waals surface area contributed by atoms with Crippen LogP contribution >= 0.6 is 0 Å². The molecule has 1 aromatic carbocycles. The molecule has 184 valence electrons. The van der Waals surface area contributed by atoms with E-state index in [1.54, 1.807) is 11.8 Å². The van der Waals surface area contributed by atoms with Gasteiger partial charge in [-0.15, -0.1) is 0 Å². The Labute approximate surface area is 205 Å². The Morgan fingerprint density at radius 2 is 2.06 bits per heavy atom. The van der Waals surface area contributed by atoms with Crippen LogP contribution in [-0.2, 0) is 22.7 Å². The monoisotopic (exact) mass is 476 g/mol. The SMILES string of the molecule is COCCN1C[C@@H](C)[C@H](NC(=O)Nc2c(C)c(-c3cnc4c(c3)COC4)nn2-c2ccccc2)C1. The highest BCUT2D eigenvalue weighted by Gasteiger charge is 2.31. The fraction of sp³-hybridized carbons (Fsp3) is 0.423. The first-order chi connectivity index (χ1) is 17.0. The zero-order chi connectivity index (χ0) is 24.4. The Kier molecular flexibility index (Phi) is 6.81. The number of likely N-dealkylation sites (tertiary alicyclic amines) is 1. The van der Waals surface area contributed by atoms with Gasteiger partial charge in [0, 0.05) is 55.7 Å². The fourth-order valence-electron chi connectivity index (χ4n) is 4.82. The summed E-state index contributed by atoms with van der Waals surface area (Å²) in [4.78, 5) is 20.0. The van der Waals surface area contributed by atoms with Crippen molar-refractivity contribution >= 4 is 11.8 Å². The standard InChI is InChI=1S/C26H32N6O3/c1-17-13-31(9-10-34-3)14-22(17)28-26(33)29-25-18(2)24(30-32(25)21-7-5-4-6-8-21)19-11-20-15-35-16-23(20)27-12-19/h4-8,11-12,17,22H,9-10,13-16H2,1-3H3,(H2,28,29,33)/t17-,22-/m1/s1. The van der Waals surface area contributed by atoms with Crippen LogP contribution in [0.4, 0.5) is 10.6 Å². The molecule has 5 rings (SSSR count). The number of anilines is 1. The smallest absolute Gasteiger partial charge is 0.320 e. The Morgan fingerprint density at radius 1 is 1.23 bits per heavy atom. The first kappa shape index (κ1) is 23.5. The summed E-state index contributed by atoms with van der Waals surface area (Å²) < 4.78 is 12.5. The second-order valence-corrected chi connectivity index (χ2v) is 9.33. The molecular formula is C26H32N6O3. The van der Waals surface area contributed by atoms with Crippen molar-refractivity contribution in [2.24, 2.45) is 5.92 Å². The quantitative estimate of drug-likeness (QED) is 0.543. The molecule has 1 fully saturated rings. The normalized spacial score (nSPS) is 19.6. The Morgan fingerprint density at radius 3 is 2.86 bits per heavy atom. The van der Waals surface area contributed by atoms with Crippen LogP contribution in [0.3, 0.4) is 0 Å². The number of fused-ring (bicyclic) bond motifs is 1. The van der Waals surface area contributed by atoms with Gasteiger partial charge in [0.15, 0.2) is 0 Å². The third kappa shape index (κ3) is 4.93. The van der Waals surface area contributed by atoms with Crippen LogP contribution < -0.4 is 10.6 Å². The van der Waals surface area contributed by atoms with Gasteiger partial charge in [-0.1, -0.05) is 25.1 Å². The van der Waals surface area contributed by atoms with E-state index in [9.17, 15) is 4.79 Å². The van der Waals surface area contributed by atoms with Crippen molar-refractivity contribution in [3.05, 3.63) is 59.4 Å². The second-order valence-electron chi connectivity index (χ2n) is 9.33. The van der Waals surface area contributed by atoms with E-state index < -0.39 is 0 Å². The van der Waals surface area contributed by atoms with Crippen LogP contribution in [0, 0.1) is 12.8 Å². The topological polar surface area (TPSA) is 93.5 Å². The average molecular weight is 477 g/mol. The van der Waals surface area contributed by atoms with Crippen LogP contribution in [0.25, 0.3) is 16.9 Å². The molecule has 35 heavy (non-hydrogen) atoms. The molecule has 0 saturated carbocycles. The lowest BCUT2D eigenvalue weighted by Gasteiger charge is -2.18. The molecule has 2 N–H and O–H groups in total. The van der Waals surface area contributed by atoms with Crippen molar-refractivity contribution in [1.82, 2.24) is 25.0 Å². The van der Waals surface area contributed by atoms with E-state index in [-0.39, 0.29) is 12.1 Å². The zero-order valence-corrected chi connectivity index (χ0v) is 20.5. The molecule has 1 saturated heterocycles. The molecule has 2 amide bonds. The van der Waals surface area contributed by atoms with Crippen LogP contribution in [-0.4, -0.2) is 65.1 Å². The number of benzene rings is 1. The molecule has 9 nitrogen and oxygen atoms in total. The number of carbonyl (C=O) groups is 1. The van der Waals surface area contributed by atoms with Gasteiger partial charge in [-0.2, -0.15) is 5.10 Å². The maximum absolute atomic E-state index is 13.1. The summed E-state index contributed by atoms with van der Waals surface area (Å²) in [5.74, 6) is 0.996. The highest BCUT2D eigenvalue weighted by Crippen LogP contribution is 2.32. The minimum absolute atomic E-state index is 0.0700. The number of methoxy groups -OCH3 is 1. The summed E-state index contributed by atoms with van der Waals surface area (Å²) in [6.45, 7) is 8.55. The summed E-state index contributed by atoms with van der Waals surface area (Å²) in [5.41, 5.74) is 5.49. The maximum atomic E-state index is 13.1. The molecule has 0 bridgehead atoms. The third-order valence-corrected chi connectivity index (χ3v) is 6.80. The van der Waals surface area contributed by atoms with E-state index in [2.05, 4.69) is 33.5 Å². The third-order valence-electron chi connectivity index (χ3n) is 6.80. The summed E-state index contributed by atoms with van der Waals surface area (Å²) in [6.07, 6.45) is 1.83. The summed E-state index contributed by atoms with van der Waals surface area (Å²) in [7, 11) is 1.71. The number of hydrogen-bond donors (Lipinski definition) is 2. The number of urea groups is 1. The lowest BCUT2D eigenvalue weighted by atomic mass is 10.1. The number of para-hydroxylation sites is 1. The Bertz CT molecular complexity index is 1200. The molecule has 0 aliphatic carbocycles. The number of ether oxygens (including phenoxy) is 2. The molecule has 3 aromatic rings. The van der Waals surface area contributed by atoms with Gasteiger partial charge >= 0.3 is 6.03 Å². The van der Waals surface area contributed by atoms with Gasteiger partial charge in [0.2, 0.25) is 0 Å². The molecule has 2 aromatic heterocycles. The lowest BCUT2D eigenvalue weighted by molar-refractivity contribution is 0.133. The molecule has 4 heterocycles. The largest absolute Gasteiger partial charge is 0.383 e. The minimum atomic E-state index is -0.234. The molecule has 0 unspecified atom stereocenters. The van der Waals surface area contributed by atoms with Gasteiger partial charge in [0.1, 0.15) is 5.82 Å². The zero-order valence-electron chi connectivity index (χ0n) is 20.5. The molecular weight excluding hydrogens is 444 g/mol. The van der Waals surface area contributed by atoms with Gasteiger partial charge in [-0.25, -0.2) is 9.48 Å². The van der Waals surface area contributed by atoms with Gasteiger partial charge in [0.05, 0.1) is 36.9 Å². The predicted molar refractivity (Wildman–Crippen MR) is 133 cm³/mol. The number of amides is 2. The summed E-state index contributed by atoms with van der Waals surface area (Å²) >= 11 is 0. The summed E-state index contributed by atoms with van der Waals surface area (Å²) in [6, 6.07) is 11.7. The number of hydrogen-bond acceptors (Lipinski definition) is 6. The van der Waals surface area contributed by atoms with Gasteiger partial charge in [0.25, 0.3) is 0 Å². The molecule has 2 aliphatic rings. The van der Waals surface area contributed by atoms with Crippen molar-refractivity contribution in [2.75, 3.05) is 38.7 Å². The van der Waals surface area contributed by atoms with E-state index in [1.165, 1.54) is 0 Å². The van der Waals surface area contributed by atoms with E-state index in [0.29, 0.717) is 31.6 Å². The second kappa shape index (κ2) is 10.2. The first-order valence-electron chi connectivity index (χ1n) is 12.0. The van der Waals surface area contributed by atoms with E-state index in [1.807, 2.05) is 43.5 Å². The van der Waals surface area contributed by atoms with Crippen LogP contribution in [0.1, 0.15) is 23.7 Å². The van der Waals surface area contributed by atoms with Crippen molar-refractivity contribution in [2.45, 2.75) is 33.1 Å². The fourth-order valence-corrected chi connectivity index (χ4v) is 4.82. The van der Waals surface area contributed by atoms with Gasteiger partial charge in [-0.05, 0) is 31.0 Å². The lowest BCUT2D eigenvalue weighted by Crippen LogP contribution is -2.42. The van der Waals surface area contributed by atoms with E-state index >= 15 is 0 Å². The average Bonchev–Trinajstić information content (AvgIpc) is 3.56. The molecule has 0 radical (unpaired) electrons. The molecule has 9 heteroatoms. The first-order valence-corrected chi connectivity index (χ1v) is 12.0. The van der Waals surface area contributed by atoms with Crippen LogP contribution in [0.15, 0.2) is 42.6 Å². The van der Waals surface area contributed by atoms with Crippen molar-refractivity contribution in [3.63, 3.8) is 0 Å². The molecule has 0 spiro atoms. The Hall–Kier alpha value is -3.27. The summed E-state index contributed by atoms with van der Waals surface area (Å²) in [5, 5.41) is 11.1. The highest BCUT2D eigenvalue weighted by atomic mass is 16.5. The molecule has 2 aliphatic heterocycles. The predicted octanol–water partition coefficient (Wildman–Crippen LogP) is 3.36. The van der Waals surface area contributed by atoms with E-state index in [4.69, 9.17) is 14.6 Å². The Balaban J connectivity index is 1.40. The number of pyridine rings is 1. The number of rotatable bonds is 7. The number of nitrogens with zero attached hydrogens (tertiary/aromatic N) is 4. The van der Waals surface area contributed by atoms with Crippen molar-refractivity contribution in [1.29, 1.82) is 0 Å². The number of aromatic nitrogens is 3. The number of carbonyl (C=O) groups excluding carboxylic acids is 1. The van der Waals surface area contributed by atoms with Crippen LogP contribution in [0.2, 0.25) is 0 Å². The molecule has 2 atom stereocenters. The van der Waals surface area contributed by atoms with Crippen molar-refractivity contribution in [3.8, 4) is 16.9 Å². The van der Waals surface area contributed by atoms with Crippen LogP contribution in [0.5, 0.6) is 0 Å². The van der Waals surface area contributed by atoms with Gasteiger partial charge < -0.3 is 14.8 Å². The highest BCUT2D eigenvalue weighted by molar-refractivity contribution is 5.91. The van der Waals surface area contributed by atoms with E-state index in [0.717, 1.165) is 53.4 Å². The maximum Gasteiger partial charge on any atom is 0.320 e. The minimum Gasteiger partial charge on any atom is -0.383 e.